The molecule has 0 radical (unpaired) electrons. The minimum Gasteiger partial charge on any atom is -0.289 e. The predicted octanol–water partition coefficient (Wildman–Crippen LogP) is 6.03. The first-order chi connectivity index (χ1) is 15.7. The van der Waals surface area contributed by atoms with Gasteiger partial charge in [0.15, 0.2) is 11.6 Å². The van der Waals surface area contributed by atoms with Crippen molar-refractivity contribution >= 4 is 11.6 Å². The highest BCUT2D eigenvalue weighted by Crippen LogP contribution is 2.25. The van der Waals surface area contributed by atoms with E-state index in [-0.39, 0.29) is 11.6 Å². The second kappa shape index (κ2) is 8.76. The van der Waals surface area contributed by atoms with E-state index in [1.807, 2.05) is 60.7 Å². The van der Waals surface area contributed by atoms with E-state index in [2.05, 4.69) is 36.4 Å². The number of aryl methyl sites for hydroxylation is 4. The van der Waals surface area contributed by atoms with Crippen molar-refractivity contribution in [1.29, 1.82) is 0 Å². The lowest BCUT2D eigenvalue weighted by molar-refractivity contribution is 0.102. The summed E-state index contributed by atoms with van der Waals surface area (Å²) < 4.78 is 0. The molecule has 0 amide bonds. The Morgan fingerprint density at radius 2 is 0.875 bits per heavy atom. The van der Waals surface area contributed by atoms with Crippen molar-refractivity contribution in [1.82, 2.24) is 0 Å². The molecule has 0 N–H and O–H groups in total. The van der Waals surface area contributed by atoms with Gasteiger partial charge in [0.05, 0.1) is 0 Å². The number of rotatable bonds is 4. The van der Waals surface area contributed by atoms with Crippen LogP contribution in [-0.4, -0.2) is 11.6 Å². The minimum atomic E-state index is 0.0639. The quantitative estimate of drug-likeness (QED) is 0.381. The molecule has 156 valence electrons. The van der Waals surface area contributed by atoms with E-state index in [0.717, 1.165) is 46.2 Å². The van der Waals surface area contributed by atoms with E-state index in [1.54, 1.807) is 0 Å². The Balaban J connectivity index is 1.54. The van der Waals surface area contributed by atoms with Crippen LogP contribution in [0.25, 0.3) is 0 Å². The van der Waals surface area contributed by atoms with Crippen LogP contribution in [0.3, 0.4) is 0 Å². The van der Waals surface area contributed by atoms with E-state index < -0.39 is 0 Å². The normalized spacial score (nSPS) is 12.8. The molecular formula is C30H24O2. The summed E-state index contributed by atoms with van der Waals surface area (Å²) in [4.78, 5) is 26.6. The molecule has 4 aromatic rings. The fourth-order valence-corrected chi connectivity index (χ4v) is 4.47. The fourth-order valence-electron chi connectivity index (χ4n) is 4.47. The Labute approximate surface area is 188 Å². The molecular weight excluding hydrogens is 392 g/mol. The maximum Gasteiger partial charge on any atom is 0.193 e. The monoisotopic (exact) mass is 416 g/mol. The van der Waals surface area contributed by atoms with Gasteiger partial charge in [-0.2, -0.15) is 0 Å². The molecule has 0 fully saturated rings. The van der Waals surface area contributed by atoms with Crippen molar-refractivity contribution in [3.05, 3.63) is 142 Å². The number of hydrogen-bond donors (Lipinski definition) is 0. The highest BCUT2D eigenvalue weighted by atomic mass is 16.1. The average Bonchev–Trinajstić information content (AvgIpc) is 2.85. The average molecular weight is 417 g/mol. The fraction of sp³-hybridized carbons (Fsp3) is 0.133. The van der Waals surface area contributed by atoms with Gasteiger partial charge in [-0.05, 0) is 60.1 Å². The predicted molar refractivity (Wildman–Crippen MR) is 127 cm³/mol. The van der Waals surface area contributed by atoms with Gasteiger partial charge < -0.3 is 0 Å². The Morgan fingerprint density at radius 3 is 1.28 bits per heavy atom. The number of carbonyl (C=O) groups excluding carboxylic acids is 2. The third-order valence-corrected chi connectivity index (χ3v) is 6.28. The van der Waals surface area contributed by atoms with Crippen molar-refractivity contribution < 1.29 is 9.59 Å². The number of ketones is 2. The summed E-state index contributed by atoms with van der Waals surface area (Å²) >= 11 is 0. The third kappa shape index (κ3) is 4.04. The van der Waals surface area contributed by atoms with Gasteiger partial charge in [0.25, 0.3) is 0 Å². The van der Waals surface area contributed by atoms with Gasteiger partial charge >= 0.3 is 0 Å². The van der Waals surface area contributed by atoms with Crippen LogP contribution in [0.15, 0.2) is 97.1 Å². The molecule has 4 bridgehead atoms. The van der Waals surface area contributed by atoms with Crippen molar-refractivity contribution in [3.63, 3.8) is 0 Å². The second-order valence-corrected chi connectivity index (χ2v) is 8.37. The Hall–Kier alpha value is -3.78. The second-order valence-electron chi connectivity index (χ2n) is 8.37. The third-order valence-electron chi connectivity index (χ3n) is 6.28. The SMILES string of the molecule is O=C(c1ccccc1)c1cc2ccc1CCc1ccc(cc1C(=O)c1ccccc1)CC2. The van der Waals surface area contributed by atoms with E-state index in [4.69, 9.17) is 0 Å². The molecule has 0 atom stereocenters. The van der Waals surface area contributed by atoms with Gasteiger partial charge in [-0.25, -0.2) is 0 Å². The van der Waals surface area contributed by atoms with Crippen molar-refractivity contribution in [2.75, 3.05) is 0 Å². The molecule has 0 unspecified atom stereocenters. The van der Waals surface area contributed by atoms with E-state index in [1.165, 1.54) is 0 Å². The van der Waals surface area contributed by atoms with Crippen LogP contribution < -0.4 is 0 Å². The summed E-state index contributed by atoms with van der Waals surface area (Å²) in [5.41, 5.74) is 7.33. The zero-order chi connectivity index (χ0) is 21.9. The molecule has 2 nitrogen and oxygen atoms in total. The number of hydrogen-bond acceptors (Lipinski definition) is 2. The minimum absolute atomic E-state index is 0.0639. The standard InChI is InChI=1S/C30H24O2/c31-29(25-7-3-1-4-8-25)27-19-21-11-12-22-14-16-24(18-17-23(27)15-13-21)28(20-22)30(32)26-9-5-2-6-10-26/h1-10,13-16,19-20H,11-12,17-18H2. The Bertz CT molecular complexity index is 1180. The summed E-state index contributed by atoms with van der Waals surface area (Å²) in [6.07, 6.45) is 3.08. The lowest BCUT2D eigenvalue weighted by Crippen LogP contribution is -2.11. The van der Waals surface area contributed by atoms with Gasteiger partial charge in [-0.3, -0.25) is 9.59 Å². The highest BCUT2D eigenvalue weighted by molar-refractivity contribution is 6.10. The van der Waals surface area contributed by atoms with Gasteiger partial charge in [0.1, 0.15) is 0 Å². The van der Waals surface area contributed by atoms with Crippen LogP contribution >= 0.6 is 0 Å². The van der Waals surface area contributed by atoms with Gasteiger partial charge in [-0.1, -0.05) is 84.9 Å². The number of benzene rings is 4. The van der Waals surface area contributed by atoms with Crippen LogP contribution in [0.4, 0.5) is 0 Å². The van der Waals surface area contributed by atoms with Crippen LogP contribution in [-0.2, 0) is 25.7 Å². The molecule has 8 rings (SSSR count). The highest BCUT2D eigenvalue weighted by Gasteiger charge is 2.19. The Morgan fingerprint density at radius 1 is 0.469 bits per heavy atom. The molecule has 0 heterocycles. The molecule has 4 aliphatic carbocycles. The maximum atomic E-state index is 13.3. The first kappa shape index (κ1) is 20.1. The first-order valence-electron chi connectivity index (χ1n) is 11.1. The molecule has 4 aliphatic rings. The molecule has 0 spiro atoms. The van der Waals surface area contributed by atoms with E-state index >= 15 is 0 Å². The largest absolute Gasteiger partial charge is 0.289 e. The molecule has 0 aromatic heterocycles. The van der Waals surface area contributed by atoms with E-state index in [0.29, 0.717) is 24.0 Å². The number of carbonyl (C=O) groups is 2. The summed E-state index contributed by atoms with van der Waals surface area (Å²) in [7, 11) is 0. The topological polar surface area (TPSA) is 34.1 Å². The molecule has 0 saturated heterocycles. The summed E-state index contributed by atoms with van der Waals surface area (Å²) in [5.74, 6) is 0.128. The molecule has 4 aromatic carbocycles. The maximum absolute atomic E-state index is 13.3. The smallest absolute Gasteiger partial charge is 0.193 e. The van der Waals surface area contributed by atoms with Crippen LogP contribution in [0.1, 0.15) is 54.1 Å². The van der Waals surface area contributed by atoms with Crippen LogP contribution in [0, 0.1) is 0 Å². The van der Waals surface area contributed by atoms with Crippen LogP contribution in [0.2, 0.25) is 0 Å². The summed E-state index contributed by atoms with van der Waals surface area (Å²) in [6, 6.07) is 31.5. The lowest BCUT2D eigenvalue weighted by Gasteiger charge is -2.16. The van der Waals surface area contributed by atoms with E-state index in [9.17, 15) is 9.59 Å². The van der Waals surface area contributed by atoms with Crippen molar-refractivity contribution in [2.45, 2.75) is 25.7 Å². The summed E-state index contributed by atoms with van der Waals surface area (Å²) in [5, 5.41) is 0. The van der Waals surface area contributed by atoms with Crippen molar-refractivity contribution in [2.24, 2.45) is 0 Å². The van der Waals surface area contributed by atoms with Gasteiger partial charge in [0.2, 0.25) is 0 Å². The van der Waals surface area contributed by atoms with Gasteiger partial charge in [0, 0.05) is 22.3 Å². The molecule has 2 heteroatoms. The molecule has 32 heavy (non-hydrogen) atoms. The summed E-state index contributed by atoms with van der Waals surface area (Å²) in [6.45, 7) is 0. The zero-order valence-corrected chi connectivity index (χ0v) is 17.9. The van der Waals surface area contributed by atoms with Crippen molar-refractivity contribution in [3.8, 4) is 0 Å². The first-order valence-corrected chi connectivity index (χ1v) is 11.1. The molecule has 0 aliphatic heterocycles. The lowest BCUT2D eigenvalue weighted by atomic mass is 9.87. The zero-order valence-electron chi connectivity index (χ0n) is 17.9. The van der Waals surface area contributed by atoms with Crippen LogP contribution in [0.5, 0.6) is 0 Å². The Kier molecular flexibility index (Phi) is 5.51. The van der Waals surface area contributed by atoms with Gasteiger partial charge in [-0.15, -0.1) is 0 Å². The molecule has 0 saturated carbocycles.